The van der Waals surface area contributed by atoms with Gasteiger partial charge >= 0.3 is 6.03 Å². The summed E-state index contributed by atoms with van der Waals surface area (Å²) in [5.74, 6) is 2.10. The van der Waals surface area contributed by atoms with Crippen molar-refractivity contribution in [3.8, 4) is 0 Å². The normalized spacial score (nSPS) is 14.5. The molecular formula is C20H25Cl2N5O. The minimum Gasteiger partial charge on any atom is -0.353 e. The average molecular weight is 422 g/mol. The van der Waals surface area contributed by atoms with Gasteiger partial charge in [0.25, 0.3) is 0 Å². The van der Waals surface area contributed by atoms with E-state index in [0.29, 0.717) is 34.7 Å². The number of hydrogen-bond donors (Lipinski definition) is 1. The molecule has 1 aliphatic rings. The van der Waals surface area contributed by atoms with Gasteiger partial charge in [-0.15, -0.1) is 0 Å². The number of halogens is 2. The Labute approximate surface area is 175 Å². The van der Waals surface area contributed by atoms with Gasteiger partial charge in [-0.05, 0) is 38.0 Å². The molecule has 0 radical (unpaired) electrons. The van der Waals surface area contributed by atoms with Gasteiger partial charge in [0, 0.05) is 42.5 Å². The third kappa shape index (κ3) is 4.50. The number of benzene rings is 1. The number of nitrogens with zero attached hydrogens (tertiary/aromatic N) is 4. The summed E-state index contributed by atoms with van der Waals surface area (Å²) in [5.41, 5.74) is 2.76. The van der Waals surface area contributed by atoms with Crippen LogP contribution in [0.2, 0.25) is 10.0 Å². The smallest absolute Gasteiger partial charge is 0.322 e. The first-order valence-electron chi connectivity index (χ1n) is 9.37. The van der Waals surface area contributed by atoms with Crippen molar-refractivity contribution in [1.82, 2.24) is 14.9 Å². The Hall–Kier alpha value is -2.05. The van der Waals surface area contributed by atoms with Gasteiger partial charge in [0.2, 0.25) is 0 Å². The molecule has 8 heteroatoms. The maximum atomic E-state index is 12.6. The lowest BCUT2D eigenvalue weighted by Gasteiger charge is -2.37. The number of carbonyl (C=O) groups is 1. The lowest BCUT2D eigenvalue weighted by Crippen LogP contribution is -2.50. The van der Waals surface area contributed by atoms with E-state index in [1.807, 2.05) is 13.8 Å². The third-order valence-electron chi connectivity index (χ3n) is 4.84. The lowest BCUT2D eigenvalue weighted by atomic mass is 10.0. The lowest BCUT2D eigenvalue weighted by molar-refractivity contribution is 0.208. The van der Waals surface area contributed by atoms with Crippen LogP contribution in [-0.4, -0.2) is 47.1 Å². The minimum absolute atomic E-state index is 0.164. The van der Waals surface area contributed by atoms with Crippen molar-refractivity contribution in [1.29, 1.82) is 0 Å². The van der Waals surface area contributed by atoms with E-state index >= 15 is 0 Å². The van der Waals surface area contributed by atoms with Gasteiger partial charge < -0.3 is 15.1 Å². The predicted molar refractivity (Wildman–Crippen MR) is 115 cm³/mol. The molecule has 2 amide bonds. The molecule has 2 heterocycles. The van der Waals surface area contributed by atoms with E-state index in [1.165, 1.54) is 5.56 Å². The Kier molecular flexibility index (Phi) is 6.30. The summed E-state index contributed by atoms with van der Waals surface area (Å²) in [6, 6.07) is 4.86. The van der Waals surface area contributed by atoms with Gasteiger partial charge in [-0.25, -0.2) is 14.8 Å². The number of amides is 2. The molecule has 1 fully saturated rings. The van der Waals surface area contributed by atoms with Gasteiger partial charge in [0.15, 0.2) is 0 Å². The molecule has 1 aromatic carbocycles. The average Bonchev–Trinajstić information content (AvgIpc) is 2.63. The molecule has 1 saturated heterocycles. The fourth-order valence-electron chi connectivity index (χ4n) is 3.53. The first kappa shape index (κ1) is 20.7. The van der Waals surface area contributed by atoms with Crippen LogP contribution in [0.15, 0.2) is 18.2 Å². The summed E-state index contributed by atoms with van der Waals surface area (Å²) in [4.78, 5) is 25.9. The number of urea groups is 1. The number of anilines is 2. The third-order valence-corrected chi connectivity index (χ3v) is 5.39. The van der Waals surface area contributed by atoms with Crippen molar-refractivity contribution >= 4 is 40.7 Å². The first-order valence-corrected chi connectivity index (χ1v) is 10.1. The summed E-state index contributed by atoms with van der Waals surface area (Å²) in [6.07, 6.45) is 0. The van der Waals surface area contributed by atoms with Crippen molar-refractivity contribution < 1.29 is 4.79 Å². The van der Waals surface area contributed by atoms with Crippen molar-refractivity contribution in [2.75, 3.05) is 36.4 Å². The van der Waals surface area contributed by atoms with E-state index in [2.05, 4.69) is 29.0 Å². The number of rotatable bonds is 3. The molecule has 0 bridgehead atoms. The van der Waals surface area contributed by atoms with Crippen LogP contribution in [0.3, 0.4) is 0 Å². The summed E-state index contributed by atoms with van der Waals surface area (Å²) in [5, 5.41) is 3.82. The molecule has 2 aromatic rings. The molecule has 1 N–H and O–H groups in total. The Morgan fingerprint density at radius 2 is 1.79 bits per heavy atom. The highest BCUT2D eigenvalue weighted by Gasteiger charge is 2.25. The van der Waals surface area contributed by atoms with Gasteiger partial charge in [-0.3, -0.25) is 0 Å². The zero-order chi connectivity index (χ0) is 20.4. The van der Waals surface area contributed by atoms with Gasteiger partial charge in [0.05, 0.1) is 10.7 Å². The second kappa shape index (κ2) is 8.53. The highest BCUT2D eigenvalue weighted by molar-refractivity contribution is 6.36. The summed E-state index contributed by atoms with van der Waals surface area (Å²) < 4.78 is 0. The molecule has 0 spiro atoms. The Balaban J connectivity index is 1.69. The van der Waals surface area contributed by atoms with Crippen molar-refractivity contribution in [3.63, 3.8) is 0 Å². The molecule has 3 rings (SSSR count). The highest BCUT2D eigenvalue weighted by Crippen LogP contribution is 2.29. The fourth-order valence-corrected chi connectivity index (χ4v) is 3.98. The van der Waals surface area contributed by atoms with Crippen molar-refractivity contribution in [2.45, 2.75) is 33.6 Å². The maximum absolute atomic E-state index is 12.6. The molecule has 0 atom stereocenters. The second-order valence-corrected chi connectivity index (χ2v) is 8.12. The monoisotopic (exact) mass is 421 g/mol. The van der Waals surface area contributed by atoms with Crippen LogP contribution in [0, 0.1) is 13.8 Å². The van der Waals surface area contributed by atoms with E-state index < -0.39 is 0 Å². The van der Waals surface area contributed by atoms with Crippen LogP contribution in [0.5, 0.6) is 0 Å². The molecule has 0 unspecified atom stereocenters. The number of piperazine rings is 1. The van der Waals surface area contributed by atoms with Crippen LogP contribution in [0.1, 0.15) is 36.8 Å². The first-order chi connectivity index (χ1) is 13.3. The van der Waals surface area contributed by atoms with Gasteiger partial charge in [0.1, 0.15) is 11.6 Å². The molecule has 150 valence electrons. The predicted octanol–water partition coefficient (Wildman–Crippen LogP) is 4.88. The summed E-state index contributed by atoms with van der Waals surface area (Å²) >= 11 is 12.1. The van der Waals surface area contributed by atoms with Gasteiger partial charge in [-0.2, -0.15) is 0 Å². The molecule has 0 saturated carbocycles. The largest absolute Gasteiger partial charge is 0.353 e. The SMILES string of the molecule is Cc1nc(C)c(C(C)C)c(N2CCN(C(=O)Nc3ccc(Cl)cc3Cl)CC2)n1. The number of hydrogen-bond acceptors (Lipinski definition) is 4. The van der Waals surface area contributed by atoms with Gasteiger partial charge in [-0.1, -0.05) is 37.0 Å². The van der Waals surface area contributed by atoms with E-state index in [1.54, 1.807) is 23.1 Å². The molecule has 1 aromatic heterocycles. The summed E-state index contributed by atoms with van der Waals surface area (Å²) in [7, 11) is 0. The maximum Gasteiger partial charge on any atom is 0.322 e. The zero-order valence-corrected chi connectivity index (χ0v) is 18.1. The van der Waals surface area contributed by atoms with E-state index in [-0.39, 0.29) is 6.03 Å². The van der Waals surface area contributed by atoms with Crippen LogP contribution < -0.4 is 10.2 Å². The molecule has 6 nitrogen and oxygen atoms in total. The molecule has 1 aliphatic heterocycles. The number of aromatic nitrogens is 2. The number of nitrogens with one attached hydrogen (secondary N) is 1. The van der Waals surface area contributed by atoms with Crippen molar-refractivity contribution in [2.24, 2.45) is 0 Å². The zero-order valence-electron chi connectivity index (χ0n) is 16.6. The Morgan fingerprint density at radius 1 is 1.11 bits per heavy atom. The number of carbonyl (C=O) groups excluding carboxylic acids is 1. The Bertz CT molecular complexity index is 879. The minimum atomic E-state index is -0.164. The van der Waals surface area contributed by atoms with E-state index in [0.717, 1.165) is 30.4 Å². The number of aryl methyl sites for hydroxylation is 2. The van der Waals surface area contributed by atoms with E-state index in [9.17, 15) is 4.79 Å². The molecule has 0 aliphatic carbocycles. The molecular weight excluding hydrogens is 397 g/mol. The van der Waals surface area contributed by atoms with E-state index in [4.69, 9.17) is 28.2 Å². The quantitative estimate of drug-likeness (QED) is 0.766. The highest BCUT2D eigenvalue weighted by atomic mass is 35.5. The second-order valence-electron chi connectivity index (χ2n) is 7.28. The van der Waals surface area contributed by atoms with Crippen LogP contribution in [0.4, 0.5) is 16.3 Å². The van der Waals surface area contributed by atoms with Crippen LogP contribution in [0.25, 0.3) is 0 Å². The molecule has 28 heavy (non-hydrogen) atoms. The topological polar surface area (TPSA) is 61.4 Å². The van der Waals surface area contributed by atoms with Crippen molar-refractivity contribution in [3.05, 3.63) is 45.3 Å². The Morgan fingerprint density at radius 3 is 2.39 bits per heavy atom. The van der Waals surface area contributed by atoms with Crippen LogP contribution in [-0.2, 0) is 0 Å². The summed E-state index contributed by atoms with van der Waals surface area (Å²) in [6.45, 7) is 10.9. The van der Waals surface area contributed by atoms with Crippen LogP contribution >= 0.6 is 23.2 Å². The fraction of sp³-hybridized carbons (Fsp3) is 0.450. The standard InChI is InChI=1S/C20H25Cl2N5O/c1-12(2)18-13(3)23-14(4)24-19(18)26-7-9-27(10-8-26)20(28)25-17-6-5-15(21)11-16(17)22/h5-6,11-12H,7-10H2,1-4H3,(H,25,28).